The van der Waals surface area contributed by atoms with Crippen LogP contribution in [-0.4, -0.2) is 9.78 Å². The molecule has 0 bridgehead atoms. The molecule has 86 valence electrons. The fourth-order valence-corrected chi connectivity index (χ4v) is 2.09. The first-order valence-corrected chi connectivity index (χ1v) is 6.04. The molecule has 2 nitrogen and oxygen atoms in total. The Kier molecular flexibility index (Phi) is 2.99. The minimum absolute atomic E-state index is 0.556. The molecule has 0 spiro atoms. The molecule has 16 heavy (non-hydrogen) atoms. The zero-order valence-electron chi connectivity index (χ0n) is 10.6. The second-order valence-corrected chi connectivity index (χ2v) is 5.18. The van der Waals surface area contributed by atoms with Crippen molar-refractivity contribution in [2.45, 2.75) is 40.2 Å². The molecule has 0 aliphatic heterocycles. The molecule has 1 aromatic carbocycles. The van der Waals surface area contributed by atoms with Crippen LogP contribution in [0.2, 0.25) is 0 Å². The Morgan fingerprint density at radius 3 is 2.56 bits per heavy atom. The molecular weight excluding hydrogens is 196 g/mol. The molecule has 0 radical (unpaired) electrons. The van der Waals surface area contributed by atoms with Crippen LogP contribution in [-0.2, 0) is 6.54 Å². The van der Waals surface area contributed by atoms with Gasteiger partial charge in [-0.2, -0.15) is 5.10 Å². The third-order valence-corrected chi connectivity index (χ3v) is 2.81. The molecule has 2 aromatic rings. The Balaban J connectivity index is 2.48. The first kappa shape index (κ1) is 11.2. The van der Waals surface area contributed by atoms with E-state index >= 15 is 0 Å². The average Bonchev–Trinajstić information content (AvgIpc) is 2.57. The van der Waals surface area contributed by atoms with Crippen LogP contribution in [0.1, 0.15) is 39.2 Å². The topological polar surface area (TPSA) is 17.8 Å². The summed E-state index contributed by atoms with van der Waals surface area (Å²) < 4.78 is 2.07. The van der Waals surface area contributed by atoms with Gasteiger partial charge in [0.05, 0.1) is 5.52 Å². The molecule has 0 aliphatic carbocycles. The van der Waals surface area contributed by atoms with E-state index in [2.05, 4.69) is 61.9 Å². The van der Waals surface area contributed by atoms with E-state index in [-0.39, 0.29) is 0 Å². The molecule has 0 saturated carbocycles. The molecule has 2 heteroatoms. The Morgan fingerprint density at radius 1 is 1.19 bits per heavy atom. The lowest BCUT2D eigenvalue weighted by Crippen LogP contribution is -2.04. The molecule has 0 fully saturated rings. The zero-order valence-corrected chi connectivity index (χ0v) is 10.6. The number of hydrogen-bond acceptors (Lipinski definition) is 1. The van der Waals surface area contributed by atoms with Gasteiger partial charge in [0.25, 0.3) is 0 Å². The summed E-state index contributed by atoms with van der Waals surface area (Å²) in [4.78, 5) is 0. The van der Waals surface area contributed by atoms with Gasteiger partial charge in [-0.15, -0.1) is 0 Å². The van der Waals surface area contributed by atoms with Crippen molar-refractivity contribution in [1.29, 1.82) is 0 Å². The van der Waals surface area contributed by atoms with E-state index in [1.54, 1.807) is 0 Å². The highest BCUT2D eigenvalue weighted by Crippen LogP contribution is 2.24. The lowest BCUT2D eigenvalue weighted by atomic mass is 10.00. The molecule has 0 unspecified atom stereocenters. The third kappa shape index (κ3) is 2.11. The van der Waals surface area contributed by atoms with Crippen LogP contribution >= 0.6 is 0 Å². The van der Waals surface area contributed by atoms with Crippen LogP contribution in [0, 0.1) is 5.92 Å². The Hall–Kier alpha value is -1.31. The van der Waals surface area contributed by atoms with E-state index in [0.717, 1.165) is 12.1 Å². The van der Waals surface area contributed by atoms with Crippen molar-refractivity contribution >= 4 is 10.9 Å². The quantitative estimate of drug-likeness (QED) is 0.762. The van der Waals surface area contributed by atoms with Crippen LogP contribution in [0.4, 0.5) is 0 Å². The maximum atomic E-state index is 4.61. The monoisotopic (exact) mass is 216 g/mol. The van der Waals surface area contributed by atoms with E-state index in [4.69, 9.17) is 0 Å². The highest BCUT2D eigenvalue weighted by molar-refractivity contribution is 5.82. The summed E-state index contributed by atoms with van der Waals surface area (Å²) in [6, 6.07) is 6.40. The zero-order chi connectivity index (χ0) is 11.7. The standard InChI is InChI=1S/C14H20N2/c1-10(2)8-16-9-13-12(11(3)4)6-5-7-14(13)15-16/h5-7,9-11H,8H2,1-4H3. The van der Waals surface area contributed by atoms with Crippen molar-refractivity contribution in [3.63, 3.8) is 0 Å². The summed E-state index contributed by atoms with van der Waals surface area (Å²) in [5.41, 5.74) is 2.51. The van der Waals surface area contributed by atoms with Crippen LogP contribution in [0.25, 0.3) is 10.9 Å². The van der Waals surface area contributed by atoms with Crippen molar-refractivity contribution in [1.82, 2.24) is 9.78 Å². The molecule has 0 atom stereocenters. The lowest BCUT2D eigenvalue weighted by Gasteiger charge is -2.05. The second kappa shape index (κ2) is 4.28. The molecule has 1 heterocycles. The van der Waals surface area contributed by atoms with Gasteiger partial charge in [-0.3, -0.25) is 4.68 Å². The Labute approximate surface area is 97.3 Å². The number of aromatic nitrogens is 2. The molecule has 2 rings (SSSR count). The predicted molar refractivity (Wildman–Crippen MR) is 68.7 cm³/mol. The van der Waals surface area contributed by atoms with Crippen molar-refractivity contribution < 1.29 is 0 Å². The minimum atomic E-state index is 0.556. The summed E-state index contributed by atoms with van der Waals surface area (Å²) >= 11 is 0. The molecular formula is C14H20N2. The number of rotatable bonds is 3. The molecule has 0 aliphatic rings. The largest absolute Gasteiger partial charge is 0.271 e. The Bertz CT molecular complexity index is 480. The molecule has 0 N–H and O–H groups in total. The lowest BCUT2D eigenvalue weighted by molar-refractivity contribution is 0.486. The van der Waals surface area contributed by atoms with E-state index < -0.39 is 0 Å². The highest BCUT2D eigenvalue weighted by Gasteiger charge is 2.08. The fraction of sp³-hybridized carbons (Fsp3) is 0.500. The van der Waals surface area contributed by atoms with Crippen LogP contribution in [0.3, 0.4) is 0 Å². The van der Waals surface area contributed by atoms with Crippen LogP contribution in [0.15, 0.2) is 24.4 Å². The summed E-state index contributed by atoms with van der Waals surface area (Å²) in [6.07, 6.45) is 2.19. The normalized spacial score (nSPS) is 11.9. The summed E-state index contributed by atoms with van der Waals surface area (Å²) in [6.45, 7) is 9.89. The molecule has 1 aromatic heterocycles. The van der Waals surface area contributed by atoms with Crippen LogP contribution < -0.4 is 0 Å². The van der Waals surface area contributed by atoms with Crippen LogP contribution in [0.5, 0.6) is 0 Å². The fourth-order valence-electron chi connectivity index (χ4n) is 2.09. The van der Waals surface area contributed by atoms with Crippen molar-refractivity contribution in [2.75, 3.05) is 0 Å². The van der Waals surface area contributed by atoms with Gasteiger partial charge in [0.2, 0.25) is 0 Å². The van der Waals surface area contributed by atoms with Gasteiger partial charge in [-0.1, -0.05) is 39.8 Å². The van der Waals surface area contributed by atoms with Crippen molar-refractivity contribution in [3.05, 3.63) is 30.0 Å². The summed E-state index contributed by atoms with van der Waals surface area (Å²) in [5.74, 6) is 1.19. The number of nitrogens with zero attached hydrogens (tertiary/aromatic N) is 2. The van der Waals surface area contributed by atoms with E-state index in [1.165, 1.54) is 10.9 Å². The van der Waals surface area contributed by atoms with Gasteiger partial charge >= 0.3 is 0 Å². The summed E-state index contributed by atoms with van der Waals surface area (Å²) in [5, 5.41) is 5.92. The van der Waals surface area contributed by atoms with Gasteiger partial charge in [0, 0.05) is 18.1 Å². The maximum Gasteiger partial charge on any atom is 0.0926 e. The summed E-state index contributed by atoms with van der Waals surface area (Å²) in [7, 11) is 0. The van der Waals surface area contributed by atoms with E-state index in [9.17, 15) is 0 Å². The molecule has 0 saturated heterocycles. The first-order chi connectivity index (χ1) is 7.58. The third-order valence-electron chi connectivity index (χ3n) is 2.81. The maximum absolute atomic E-state index is 4.61. The van der Waals surface area contributed by atoms with E-state index in [1.807, 2.05) is 0 Å². The second-order valence-electron chi connectivity index (χ2n) is 5.18. The smallest absolute Gasteiger partial charge is 0.0926 e. The first-order valence-electron chi connectivity index (χ1n) is 6.04. The van der Waals surface area contributed by atoms with Gasteiger partial charge in [0.15, 0.2) is 0 Å². The average molecular weight is 216 g/mol. The number of benzene rings is 1. The van der Waals surface area contributed by atoms with Gasteiger partial charge < -0.3 is 0 Å². The SMILES string of the molecule is CC(C)Cn1cc2c(C(C)C)cccc2n1. The Morgan fingerprint density at radius 2 is 1.94 bits per heavy atom. The molecule has 0 amide bonds. The minimum Gasteiger partial charge on any atom is -0.271 e. The highest BCUT2D eigenvalue weighted by atomic mass is 15.3. The predicted octanol–water partition coefficient (Wildman–Crippen LogP) is 3.82. The van der Waals surface area contributed by atoms with E-state index in [0.29, 0.717) is 11.8 Å². The number of hydrogen-bond donors (Lipinski definition) is 0. The number of fused-ring (bicyclic) bond motifs is 1. The van der Waals surface area contributed by atoms with Gasteiger partial charge in [-0.25, -0.2) is 0 Å². The van der Waals surface area contributed by atoms with Gasteiger partial charge in [0.1, 0.15) is 0 Å². The van der Waals surface area contributed by atoms with Crippen molar-refractivity contribution in [3.8, 4) is 0 Å². The van der Waals surface area contributed by atoms with Crippen molar-refractivity contribution in [2.24, 2.45) is 5.92 Å². The van der Waals surface area contributed by atoms with Gasteiger partial charge in [-0.05, 0) is 23.5 Å².